The molecular formula is C15H19N3O3. The molecule has 0 aliphatic heterocycles. The third-order valence-corrected chi connectivity index (χ3v) is 3.37. The van der Waals surface area contributed by atoms with Gasteiger partial charge < -0.3 is 10.4 Å². The maximum Gasteiger partial charge on any atom is 0.326 e. The molecule has 0 saturated carbocycles. The molecule has 112 valence electrons. The number of unbranched alkanes of at least 4 members (excludes halogenated alkanes) is 1. The number of carbonyl (C=O) groups is 2. The van der Waals surface area contributed by atoms with Gasteiger partial charge in [-0.2, -0.15) is 0 Å². The van der Waals surface area contributed by atoms with Crippen molar-refractivity contribution in [2.24, 2.45) is 0 Å². The van der Waals surface area contributed by atoms with E-state index in [-0.39, 0.29) is 0 Å². The van der Waals surface area contributed by atoms with Gasteiger partial charge in [0.1, 0.15) is 17.4 Å². The van der Waals surface area contributed by atoms with Crippen LogP contribution >= 0.6 is 0 Å². The molecule has 0 aliphatic carbocycles. The molecule has 6 heteroatoms. The van der Waals surface area contributed by atoms with Crippen molar-refractivity contribution in [3.05, 3.63) is 35.8 Å². The number of nitrogens with one attached hydrogen (secondary N) is 1. The molecule has 2 N–H and O–H groups in total. The zero-order valence-corrected chi connectivity index (χ0v) is 12.2. The molecule has 1 atom stereocenters. The number of pyridine rings is 1. The highest BCUT2D eigenvalue weighted by molar-refractivity contribution is 5.96. The first kappa shape index (κ1) is 15.0. The molecule has 6 nitrogen and oxygen atoms in total. The first-order valence-electron chi connectivity index (χ1n) is 7.02. The Balaban J connectivity index is 2.25. The van der Waals surface area contributed by atoms with E-state index in [4.69, 9.17) is 0 Å². The highest BCUT2D eigenvalue weighted by atomic mass is 16.4. The Morgan fingerprint density at radius 3 is 2.86 bits per heavy atom. The highest BCUT2D eigenvalue weighted by Crippen LogP contribution is 2.12. The predicted molar refractivity (Wildman–Crippen MR) is 78.3 cm³/mol. The minimum Gasteiger partial charge on any atom is -0.480 e. The van der Waals surface area contributed by atoms with Gasteiger partial charge in [-0.1, -0.05) is 25.8 Å². The van der Waals surface area contributed by atoms with Crippen LogP contribution in [0.4, 0.5) is 0 Å². The van der Waals surface area contributed by atoms with Gasteiger partial charge in [-0.25, -0.2) is 9.78 Å². The number of fused-ring (bicyclic) bond motifs is 1. The number of hydrogen-bond acceptors (Lipinski definition) is 3. The predicted octanol–water partition coefficient (Wildman–Crippen LogP) is 2.02. The van der Waals surface area contributed by atoms with Crippen LogP contribution < -0.4 is 5.32 Å². The van der Waals surface area contributed by atoms with Gasteiger partial charge in [-0.3, -0.25) is 9.20 Å². The van der Waals surface area contributed by atoms with Crippen LogP contribution in [0.3, 0.4) is 0 Å². The summed E-state index contributed by atoms with van der Waals surface area (Å²) in [5, 5.41) is 11.8. The number of carbonyl (C=O) groups excluding carboxylic acids is 1. The summed E-state index contributed by atoms with van der Waals surface area (Å²) in [6.07, 6.45) is 3.80. The Hall–Kier alpha value is -2.37. The molecule has 2 heterocycles. The number of carboxylic acid groups (broad SMARTS) is 1. The monoisotopic (exact) mass is 289 g/mol. The third kappa shape index (κ3) is 3.21. The molecule has 0 fully saturated rings. The summed E-state index contributed by atoms with van der Waals surface area (Å²) >= 11 is 0. The fourth-order valence-corrected chi connectivity index (χ4v) is 2.28. The van der Waals surface area contributed by atoms with Gasteiger partial charge in [0.25, 0.3) is 5.91 Å². The lowest BCUT2D eigenvalue weighted by molar-refractivity contribution is -0.139. The van der Waals surface area contributed by atoms with Crippen LogP contribution in [0, 0.1) is 6.92 Å². The summed E-state index contributed by atoms with van der Waals surface area (Å²) in [5.41, 5.74) is 1.63. The topological polar surface area (TPSA) is 83.7 Å². The van der Waals surface area contributed by atoms with Crippen LogP contribution in [-0.2, 0) is 4.79 Å². The Labute approximate surface area is 122 Å². The van der Waals surface area contributed by atoms with Crippen molar-refractivity contribution < 1.29 is 14.7 Å². The smallest absolute Gasteiger partial charge is 0.326 e. The molecule has 21 heavy (non-hydrogen) atoms. The lowest BCUT2D eigenvalue weighted by Crippen LogP contribution is -2.41. The van der Waals surface area contributed by atoms with Gasteiger partial charge in [-0.05, 0) is 25.5 Å². The minimum absolute atomic E-state index is 0.383. The second-order valence-electron chi connectivity index (χ2n) is 4.98. The maximum atomic E-state index is 12.4. The van der Waals surface area contributed by atoms with Crippen LogP contribution in [0.1, 0.15) is 42.4 Å². The third-order valence-electron chi connectivity index (χ3n) is 3.37. The summed E-state index contributed by atoms with van der Waals surface area (Å²) in [7, 11) is 0. The van der Waals surface area contributed by atoms with Crippen molar-refractivity contribution in [1.82, 2.24) is 14.7 Å². The second-order valence-corrected chi connectivity index (χ2v) is 4.98. The summed E-state index contributed by atoms with van der Waals surface area (Å²) in [6.45, 7) is 3.72. The van der Waals surface area contributed by atoms with Gasteiger partial charge in [0, 0.05) is 6.20 Å². The number of aliphatic carboxylic acids is 1. The molecular weight excluding hydrogens is 270 g/mol. The zero-order valence-electron chi connectivity index (χ0n) is 12.2. The van der Waals surface area contributed by atoms with Crippen LogP contribution in [0.15, 0.2) is 24.4 Å². The van der Waals surface area contributed by atoms with E-state index in [1.165, 1.54) is 0 Å². The van der Waals surface area contributed by atoms with E-state index >= 15 is 0 Å². The van der Waals surface area contributed by atoms with Crippen molar-refractivity contribution in [2.75, 3.05) is 0 Å². The Kier molecular flexibility index (Phi) is 4.57. The molecule has 1 amide bonds. The fourth-order valence-electron chi connectivity index (χ4n) is 2.28. The van der Waals surface area contributed by atoms with Crippen molar-refractivity contribution in [1.29, 1.82) is 0 Å². The minimum atomic E-state index is -1.01. The number of imidazole rings is 1. The van der Waals surface area contributed by atoms with E-state index in [0.717, 1.165) is 12.8 Å². The van der Waals surface area contributed by atoms with Gasteiger partial charge >= 0.3 is 5.97 Å². The summed E-state index contributed by atoms with van der Waals surface area (Å²) < 4.78 is 1.67. The van der Waals surface area contributed by atoms with E-state index in [1.54, 1.807) is 29.7 Å². The lowest BCUT2D eigenvalue weighted by atomic mass is 10.1. The van der Waals surface area contributed by atoms with Gasteiger partial charge in [0.15, 0.2) is 0 Å². The largest absolute Gasteiger partial charge is 0.480 e. The van der Waals surface area contributed by atoms with E-state index in [2.05, 4.69) is 10.3 Å². The number of aryl methyl sites for hydroxylation is 1. The zero-order chi connectivity index (χ0) is 15.4. The molecule has 2 aromatic rings. The number of aromatic nitrogens is 2. The average molecular weight is 289 g/mol. The summed E-state index contributed by atoms with van der Waals surface area (Å²) in [6, 6.07) is 4.57. The maximum absolute atomic E-state index is 12.4. The number of carboxylic acids is 1. The Morgan fingerprint density at radius 2 is 2.19 bits per heavy atom. The highest BCUT2D eigenvalue weighted by Gasteiger charge is 2.23. The molecule has 0 bridgehead atoms. The van der Waals surface area contributed by atoms with Crippen molar-refractivity contribution in [3.8, 4) is 0 Å². The van der Waals surface area contributed by atoms with Crippen molar-refractivity contribution in [3.63, 3.8) is 0 Å². The first-order chi connectivity index (χ1) is 10.0. The number of amides is 1. The summed E-state index contributed by atoms with van der Waals surface area (Å²) in [4.78, 5) is 27.9. The molecule has 0 radical (unpaired) electrons. The molecule has 1 unspecified atom stereocenters. The van der Waals surface area contributed by atoms with Gasteiger partial charge in [-0.15, -0.1) is 0 Å². The number of hydrogen-bond donors (Lipinski definition) is 2. The van der Waals surface area contributed by atoms with Gasteiger partial charge in [0.05, 0.1) is 5.69 Å². The second kappa shape index (κ2) is 6.39. The van der Waals surface area contributed by atoms with E-state index in [1.807, 2.05) is 13.0 Å². The summed E-state index contributed by atoms with van der Waals surface area (Å²) in [5.74, 6) is -1.42. The van der Waals surface area contributed by atoms with E-state index < -0.39 is 17.9 Å². The van der Waals surface area contributed by atoms with Crippen molar-refractivity contribution >= 4 is 17.5 Å². The molecule has 0 aromatic carbocycles. The van der Waals surface area contributed by atoms with E-state index in [9.17, 15) is 14.7 Å². The lowest BCUT2D eigenvalue weighted by Gasteiger charge is -2.14. The fraction of sp³-hybridized carbons (Fsp3) is 0.400. The van der Waals surface area contributed by atoms with Crippen molar-refractivity contribution in [2.45, 2.75) is 39.2 Å². The number of nitrogens with zero attached hydrogens (tertiary/aromatic N) is 2. The first-order valence-corrected chi connectivity index (χ1v) is 7.02. The van der Waals surface area contributed by atoms with Crippen LogP contribution in [-0.4, -0.2) is 32.4 Å². The van der Waals surface area contributed by atoms with Crippen LogP contribution in [0.2, 0.25) is 0 Å². The van der Waals surface area contributed by atoms with Gasteiger partial charge in [0.2, 0.25) is 0 Å². The normalized spacial score (nSPS) is 12.3. The quantitative estimate of drug-likeness (QED) is 0.852. The Bertz CT molecular complexity index is 663. The SMILES string of the molecule is CCCCC(NC(=O)c1c(C)nc2ccccn12)C(=O)O. The average Bonchev–Trinajstić information content (AvgIpc) is 2.78. The van der Waals surface area contributed by atoms with Crippen LogP contribution in [0.25, 0.3) is 5.65 Å². The standard InChI is InChI=1S/C15H19N3O3/c1-3-4-7-11(15(20)21)17-14(19)13-10(2)16-12-8-5-6-9-18(12)13/h5-6,8-9,11H,3-4,7H2,1-2H3,(H,17,19)(H,20,21). The molecule has 2 rings (SSSR count). The molecule has 0 saturated heterocycles. The molecule has 0 aliphatic rings. The van der Waals surface area contributed by atoms with E-state index in [0.29, 0.717) is 23.5 Å². The molecule has 0 spiro atoms. The molecule has 2 aromatic heterocycles. The number of rotatable bonds is 6. The van der Waals surface area contributed by atoms with Crippen LogP contribution in [0.5, 0.6) is 0 Å². The Morgan fingerprint density at radius 1 is 1.43 bits per heavy atom.